The molecule has 92 valence electrons. The number of thioether (sulfide) groups is 1. The normalized spacial score (nSPS) is 10.3. The Morgan fingerprint density at radius 1 is 1.28 bits per heavy atom. The molecule has 1 aromatic carbocycles. The highest BCUT2D eigenvalue weighted by atomic mass is 32.2. The molecular weight excluding hydrogens is 255 g/mol. The third-order valence-electron chi connectivity index (χ3n) is 2.26. The average Bonchev–Trinajstić information content (AvgIpc) is 2.37. The summed E-state index contributed by atoms with van der Waals surface area (Å²) in [6.07, 6.45) is 3.36. The molecule has 0 aliphatic carbocycles. The molecule has 0 bridgehead atoms. The number of hydrogen-bond donors (Lipinski definition) is 0. The summed E-state index contributed by atoms with van der Waals surface area (Å²) in [5, 5.41) is 10.5. The van der Waals surface area contributed by atoms with Crippen LogP contribution in [0, 0.1) is 15.9 Å². The van der Waals surface area contributed by atoms with Crippen molar-refractivity contribution in [3.05, 3.63) is 64.2 Å². The second-order valence-electron chi connectivity index (χ2n) is 3.51. The van der Waals surface area contributed by atoms with Crippen LogP contribution in [0.25, 0.3) is 0 Å². The lowest BCUT2D eigenvalue weighted by atomic mass is 10.2. The van der Waals surface area contributed by atoms with Crippen LogP contribution in [-0.2, 0) is 5.75 Å². The fraction of sp³-hybridized carbons (Fsp3) is 0.0833. The fourth-order valence-corrected chi connectivity index (χ4v) is 2.22. The SMILES string of the molecule is O=[N+]([O-])c1ccc(CSc2ccncc2)cc1F. The molecule has 0 aliphatic rings. The quantitative estimate of drug-likeness (QED) is 0.482. The topological polar surface area (TPSA) is 56.0 Å². The molecule has 4 nitrogen and oxygen atoms in total. The van der Waals surface area contributed by atoms with Crippen LogP contribution in [0.1, 0.15) is 5.56 Å². The summed E-state index contributed by atoms with van der Waals surface area (Å²) >= 11 is 1.52. The molecule has 2 aromatic rings. The average molecular weight is 264 g/mol. The van der Waals surface area contributed by atoms with E-state index in [1.54, 1.807) is 18.5 Å². The summed E-state index contributed by atoms with van der Waals surface area (Å²) in [5.74, 6) is -0.244. The van der Waals surface area contributed by atoms with Gasteiger partial charge >= 0.3 is 5.69 Å². The standard InChI is InChI=1S/C12H9FN2O2S/c13-11-7-9(1-2-12(11)15(16)17)8-18-10-3-5-14-6-4-10/h1-7H,8H2. The number of rotatable bonds is 4. The van der Waals surface area contributed by atoms with Crippen molar-refractivity contribution in [2.24, 2.45) is 0 Å². The second-order valence-corrected chi connectivity index (χ2v) is 4.56. The van der Waals surface area contributed by atoms with Crippen LogP contribution in [0.2, 0.25) is 0 Å². The maximum atomic E-state index is 13.4. The molecule has 2 rings (SSSR count). The first-order valence-electron chi connectivity index (χ1n) is 5.12. The summed E-state index contributed by atoms with van der Waals surface area (Å²) in [5.41, 5.74) is 0.215. The summed E-state index contributed by atoms with van der Waals surface area (Å²) < 4.78 is 13.4. The van der Waals surface area contributed by atoms with Crippen LogP contribution >= 0.6 is 11.8 Å². The van der Waals surface area contributed by atoms with E-state index in [0.717, 1.165) is 4.90 Å². The van der Waals surface area contributed by atoms with E-state index in [-0.39, 0.29) is 0 Å². The number of hydrogen-bond acceptors (Lipinski definition) is 4. The zero-order valence-electron chi connectivity index (χ0n) is 9.25. The molecular formula is C12H9FN2O2S. The lowest BCUT2D eigenvalue weighted by Gasteiger charge is -2.02. The third kappa shape index (κ3) is 3.04. The van der Waals surface area contributed by atoms with Gasteiger partial charge in [-0.05, 0) is 23.8 Å². The molecule has 6 heteroatoms. The second kappa shape index (κ2) is 5.59. The van der Waals surface area contributed by atoms with Crippen LogP contribution in [-0.4, -0.2) is 9.91 Å². The molecule has 1 heterocycles. The van der Waals surface area contributed by atoms with Crippen LogP contribution in [0.5, 0.6) is 0 Å². The van der Waals surface area contributed by atoms with Crippen molar-refractivity contribution in [3.63, 3.8) is 0 Å². The van der Waals surface area contributed by atoms with Gasteiger partial charge in [0.25, 0.3) is 0 Å². The van der Waals surface area contributed by atoms with Crippen LogP contribution < -0.4 is 0 Å². The van der Waals surface area contributed by atoms with E-state index in [0.29, 0.717) is 11.3 Å². The number of nitro groups is 1. The van der Waals surface area contributed by atoms with E-state index in [1.807, 2.05) is 12.1 Å². The van der Waals surface area contributed by atoms with E-state index in [4.69, 9.17) is 0 Å². The number of aromatic nitrogens is 1. The van der Waals surface area contributed by atoms with Crippen molar-refractivity contribution in [2.75, 3.05) is 0 Å². The molecule has 0 aliphatic heterocycles. The zero-order valence-corrected chi connectivity index (χ0v) is 10.1. The minimum atomic E-state index is -0.798. The summed E-state index contributed by atoms with van der Waals surface area (Å²) in [4.78, 5) is 14.7. The highest BCUT2D eigenvalue weighted by Gasteiger charge is 2.13. The largest absolute Gasteiger partial charge is 0.304 e. The Hall–Kier alpha value is -1.95. The number of nitro benzene ring substituents is 1. The molecule has 0 N–H and O–H groups in total. The Balaban J connectivity index is 2.07. The van der Waals surface area contributed by atoms with Crippen molar-refractivity contribution >= 4 is 17.4 Å². The Morgan fingerprint density at radius 3 is 2.61 bits per heavy atom. The van der Waals surface area contributed by atoms with Gasteiger partial charge in [-0.25, -0.2) is 0 Å². The van der Waals surface area contributed by atoms with Crippen LogP contribution in [0.3, 0.4) is 0 Å². The van der Waals surface area contributed by atoms with E-state index in [1.165, 1.54) is 23.9 Å². The van der Waals surface area contributed by atoms with Crippen molar-refractivity contribution in [2.45, 2.75) is 10.6 Å². The first-order chi connectivity index (χ1) is 8.66. The highest BCUT2D eigenvalue weighted by molar-refractivity contribution is 7.98. The van der Waals surface area contributed by atoms with Gasteiger partial charge in [0.15, 0.2) is 0 Å². The lowest BCUT2D eigenvalue weighted by molar-refractivity contribution is -0.387. The van der Waals surface area contributed by atoms with Gasteiger partial charge in [-0.1, -0.05) is 6.07 Å². The van der Waals surface area contributed by atoms with E-state index >= 15 is 0 Å². The first kappa shape index (κ1) is 12.5. The maximum absolute atomic E-state index is 13.4. The zero-order chi connectivity index (χ0) is 13.0. The Labute approximate surface area is 107 Å². The third-order valence-corrected chi connectivity index (χ3v) is 3.35. The van der Waals surface area contributed by atoms with Gasteiger partial charge in [-0.3, -0.25) is 15.1 Å². The lowest BCUT2D eigenvalue weighted by Crippen LogP contribution is -1.93. The molecule has 0 spiro atoms. The van der Waals surface area contributed by atoms with Gasteiger partial charge < -0.3 is 0 Å². The number of nitrogens with zero attached hydrogens (tertiary/aromatic N) is 2. The Kier molecular flexibility index (Phi) is 3.88. The van der Waals surface area contributed by atoms with Crippen LogP contribution in [0.15, 0.2) is 47.6 Å². The van der Waals surface area contributed by atoms with Gasteiger partial charge in [0.2, 0.25) is 5.82 Å². The van der Waals surface area contributed by atoms with Gasteiger partial charge in [0.05, 0.1) is 4.92 Å². The minimum absolute atomic E-state index is 0.493. The molecule has 0 radical (unpaired) electrons. The van der Waals surface area contributed by atoms with Crippen molar-refractivity contribution < 1.29 is 9.31 Å². The molecule has 0 saturated heterocycles. The van der Waals surface area contributed by atoms with Gasteiger partial charge in [-0.2, -0.15) is 4.39 Å². The van der Waals surface area contributed by atoms with Crippen molar-refractivity contribution in [1.82, 2.24) is 4.98 Å². The summed E-state index contributed by atoms with van der Waals surface area (Å²) in [7, 11) is 0. The monoisotopic (exact) mass is 264 g/mol. The predicted molar refractivity (Wildman–Crippen MR) is 66.9 cm³/mol. The van der Waals surface area contributed by atoms with E-state index < -0.39 is 16.4 Å². The minimum Gasteiger partial charge on any atom is -0.265 e. The van der Waals surface area contributed by atoms with Gasteiger partial charge in [-0.15, -0.1) is 11.8 Å². The number of benzene rings is 1. The maximum Gasteiger partial charge on any atom is 0.304 e. The van der Waals surface area contributed by atoms with Crippen molar-refractivity contribution in [3.8, 4) is 0 Å². The van der Waals surface area contributed by atoms with Gasteiger partial charge in [0, 0.05) is 29.1 Å². The number of halogens is 1. The summed E-state index contributed by atoms with van der Waals surface area (Å²) in [6.45, 7) is 0. The van der Waals surface area contributed by atoms with E-state index in [9.17, 15) is 14.5 Å². The van der Waals surface area contributed by atoms with Gasteiger partial charge in [0.1, 0.15) is 0 Å². The number of pyridine rings is 1. The van der Waals surface area contributed by atoms with E-state index in [2.05, 4.69) is 4.98 Å². The molecule has 0 unspecified atom stereocenters. The molecule has 0 saturated carbocycles. The molecule has 0 atom stereocenters. The Morgan fingerprint density at radius 2 is 2.00 bits per heavy atom. The highest BCUT2D eigenvalue weighted by Crippen LogP contribution is 2.24. The molecule has 0 amide bonds. The fourth-order valence-electron chi connectivity index (χ4n) is 1.39. The van der Waals surface area contributed by atoms with Crippen LogP contribution in [0.4, 0.5) is 10.1 Å². The smallest absolute Gasteiger partial charge is 0.265 e. The van der Waals surface area contributed by atoms with Crippen molar-refractivity contribution in [1.29, 1.82) is 0 Å². The molecule has 0 fully saturated rings. The Bertz CT molecular complexity index is 563. The first-order valence-corrected chi connectivity index (χ1v) is 6.11. The predicted octanol–water partition coefficient (Wildman–Crippen LogP) is 3.42. The summed E-state index contributed by atoms with van der Waals surface area (Å²) in [6, 6.07) is 7.67. The molecule has 1 aromatic heterocycles. The molecule has 18 heavy (non-hydrogen) atoms.